The van der Waals surface area contributed by atoms with E-state index in [4.69, 9.17) is 31.9 Å². The number of anilines is 4. The molecule has 0 saturated carbocycles. The van der Waals surface area contributed by atoms with E-state index in [-0.39, 0.29) is 66.9 Å². The maximum atomic E-state index is 14.4. The standard InChI is InChI=1S/3C22H19FN6O2.C12H8FN3O2.C10H13N3O/c3*1-28-20-16(6-3-9-25-20)7-8-18(22(28)31)26-21(30)19-17(23)13-29(27-19)12-15-5-2-4-14(10-15)11-24;13-10-7-16(15-11(10)12(17)18)6-9-3-1-2-8(4-9)5-14;1-13-9-7(3-2-6-12-9)4-5-8(11)10(13)14/h3*2-6,9-10,13,18H,7-8,12H2,1H3,(H,26,30);1-4,7H,6H2,(H,17,18);2-3,6,8H,4-5,11H2,1H3/t2*18-;;;/m10.../s1. The Morgan fingerprint density at radius 3 is 0.888 bits per heavy atom. The first kappa shape index (κ1) is 88.0. The van der Waals surface area contributed by atoms with Crippen molar-refractivity contribution in [2.24, 2.45) is 5.73 Å². The predicted molar refractivity (Wildman–Crippen MR) is 442 cm³/mol. The second-order valence-corrected chi connectivity index (χ2v) is 29.0. The second kappa shape index (κ2) is 40.2. The number of benzene rings is 4. The molecule has 0 radical (unpaired) electrons. The normalized spacial score (nSPS) is 15.6. The molecule has 2 unspecified atom stereocenters. The van der Waals surface area contributed by atoms with Gasteiger partial charge in [0.15, 0.2) is 40.4 Å². The average Bonchev–Trinajstić information content (AvgIpc) is 1.69. The minimum absolute atomic E-state index is 0.0533. The maximum Gasteiger partial charge on any atom is 0.359 e. The number of nitrogens with two attached hydrogens (primary N) is 1. The van der Waals surface area contributed by atoms with Crippen LogP contribution in [0.5, 0.6) is 0 Å². The molecule has 33 nitrogen and oxygen atoms in total. The Bertz CT molecular complexity index is 5830. The molecule has 16 rings (SSSR count). The zero-order chi connectivity index (χ0) is 89.1. The quantitative estimate of drug-likeness (QED) is 0.0605. The molecule has 12 aromatic rings. The summed E-state index contributed by atoms with van der Waals surface area (Å²) in [6.45, 7) is 0.809. The number of nitrogens with one attached hydrogen (secondary N) is 3. The van der Waals surface area contributed by atoms with Gasteiger partial charge in [0.05, 0.1) is 104 Å². The summed E-state index contributed by atoms with van der Waals surface area (Å²) < 4.78 is 61.6. The number of halogens is 4. The zero-order valence-electron chi connectivity index (χ0n) is 67.5. The van der Waals surface area contributed by atoms with E-state index in [1.807, 2.05) is 54.6 Å². The number of hydrogen-bond acceptors (Lipinski definition) is 21. The van der Waals surface area contributed by atoms with Gasteiger partial charge in [0.2, 0.25) is 29.3 Å². The lowest BCUT2D eigenvalue weighted by molar-refractivity contribution is -0.120. The van der Waals surface area contributed by atoms with Crippen molar-refractivity contribution in [3.8, 4) is 24.3 Å². The Kier molecular flexibility index (Phi) is 28.3. The summed E-state index contributed by atoms with van der Waals surface area (Å²) in [6.07, 6.45) is 15.2. The van der Waals surface area contributed by atoms with Crippen LogP contribution in [0.2, 0.25) is 0 Å². The number of aromatic nitrogens is 12. The predicted octanol–water partition coefficient (Wildman–Crippen LogP) is 8.09. The monoisotopic (exact) mass is 1690 g/mol. The van der Waals surface area contributed by atoms with Crippen molar-refractivity contribution in [3.63, 3.8) is 0 Å². The van der Waals surface area contributed by atoms with Gasteiger partial charge in [-0.2, -0.15) is 41.4 Å². The van der Waals surface area contributed by atoms with Crippen LogP contribution in [0.3, 0.4) is 0 Å². The third-order valence-electron chi connectivity index (χ3n) is 20.3. The van der Waals surface area contributed by atoms with Crippen LogP contribution in [-0.4, -0.2) is 164 Å². The maximum absolute atomic E-state index is 14.4. The van der Waals surface area contributed by atoms with Crippen LogP contribution in [0.15, 0.2) is 195 Å². The fourth-order valence-electron chi connectivity index (χ4n) is 14.1. The molecule has 0 aliphatic carbocycles. The zero-order valence-corrected chi connectivity index (χ0v) is 67.5. The molecule has 0 saturated heterocycles. The molecular formula is C88H78F4N24O9. The summed E-state index contributed by atoms with van der Waals surface area (Å²) in [5, 5.41) is 68.0. The molecule has 632 valence electrons. The molecule has 4 aromatic carbocycles. The van der Waals surface area contributed by atoms with Crippen molar-refractivity contribution >= 4 is 70.6 Å². The van der Waals surface area contributed by atoms with Crippen LogP contribution < -0.4 is 41.3 Å². The van der Waals surface area contributed by atoms with Crippen molar-refractivity contribution in [2.75, 3.05) is 47.8 Å². The van der Waals surface area contributed by atoms with Crippen LogP contribution in [0.4, 0.5) is 40.8 Å². The molecule has 0 fully saturated rings. The highest BCUT2D eigenvalue weighted by atomic mass is 19.1. The fourth-order valence-corrected chi connectivity index (χ4v) is 14.1. The van der Waals surface area contributed by atoms with Crippen LogP contribution in [0.1, 0.15) is 134 Å². The van der Waals surface area contributed by atoms with Gasteiger partial charge in [-0.3, -0.25) is 71.9 Å². The van der Waals surface area contributed by atoms with E-state index >= 15 is 0 Å². The van der Waals surface area contributed by atoms with Crippen LogP contribution in [-0.2, 0) is 71.0 Å². The van der Waals surface area contributed by atoms with Gasteiger partial charge < -0.3 is 26.8 Å². The molecule has 7 amide bonds. The highest BCUT2D eigenvalue weighted by molar-refractivity contribution is 6.04. The lowest BCUT2D eigenvalue weighted by atomic mass is 10.1. The molecule has 12 heterocycles. The molecule has 0 bridgehead atoms. The lowest BCUT2D eigenvalue weighted by Crippen LogP contribution is -2.47. The van der Waals surface area contributed by atoms with Gasteiger partial charge >= 0.3 is 5.97 Å². The van der Waals surface area contributed by atoms with Gasteiger partial charge in [0, 0.05) is 53.0 Å². The number of carbonyl (C=O) groups excluding carboxylic acids is 7. The largest absolute Gasteiger partial charge is 0.476 e. The third kappa shape index (κ3) is 21.7. The Morgan fingerprint density at radius 2 is 0.632 bits per heavy atom. The molecule has 37 heteroatoms. The molecule has 8 aromatic heterocycles. The molecule has 4 aliphatic heterocycles. The first-order valence-corrected chi connectivity index (χ1v) is 38.8. The average molecular weight is 1690 g/mol. The number of likely N-dealkylation sites (N-methyl/N-ethyl adjacent to an activating group) is 4. The van der Waals surface area contributed by atoms with Crippen molar-refractivity contribution < 1.29 is 61.0 Å². The first-order chi connectivity index (χ1) is 60.2. The van der Waals surface area contributed by atoms with Gasteiger partial charge in [-0.15, -0.1) is 0 Å². The van der Waals surface area contributed by atoms with E-state index < -0.39 is 76.8 Å². The third-order valence-corrected chi connectivity index (χ3v) is 20.3. The minimum atomic E-state index is -1.41. The van der Waals surface area contributed by atoms with Gasteiger partial charge in [-0.1, -0.05) is 72.8 Å². The molecular weight excluding hydrogens is 1610 g/mol. The molecule has 4 aliphatic rings. The number of fused-ring (bicyclic) bond motifs is 4. The lowest BCUT2D eigenvalue weighted by Gasteiger charge is -2.20. The van der Waals surface area contributed by atoms with Crippen molar-refractivity contribution in [3.05, 3.63) is 308 Å². The summed E-state index contributed by atoms with van der Waals surface area (Å²) in [4.78, 5) is 121. The number of aryl methyl sites for hydroxylation is 4. The van der Waals surface area contributed by atoms with E-state index in [0.717, 1.165) is 81.5 Å². The van der Waals surface area contributed by atoms with Gasteiger partial charge in [0.25, 0.3) is 17.7 Å². The topological polar surface area (TPSA) is 450 Å². The number of nitrogens with zero attached hydrogens (tertiary/aromatic N) is 20. The Balaban J connectivity index is 0.000000146. The molecule has 4 atom stereocenters. The van der Waals surface area contributed by atoms with Gasteiger partial charge in [-0.05, 0) is 169 Å². The number of nitriles is 4. The van der Waals surface area contributed by atoms with Crippen molar-refractivity contribution in [2.45, 2.75) is 102 Å². The minimum Gasteiger partial charge on any atom is -0.476 e. The van der Waals surface area contributed by atoms with Gasteiger partial charge in [0.1, 0.15) is 41.4 Å². The summed E-state index contributed by atoms with van der Waals surface area (Å²) in [7, 11) is 6.52. The summed E-state index contributed by atoms with van der Waals surface area (Å²) >= 11 is 0. The van der Waals surface area contributed by atoms with E-state index in [9.17, 15) is 55.9 Å². The van der Waals surface area contributed by atoms with E-state index in [1.165, 1.54) is 33.4 Å². The van der Waals surface area contributed by atoms with Gasteiger partial charge in [-0.25, -0.2) is 42.3 Å². The number of pyridine rings is 4. The number of carboxylic acids is 1. The van der Waals surface area contributed by atoms with E-state index in [1.54, 1.807) is 173 Å². The van der Waals surface area contributed by atoms with E-state index in [0.29, 0.717) is 84.7 Å². The summed E-state index contributed by atoms with van der Waals surface area (Å²) in [5.41, 5.74) is 12.7. The molecule has 125 heavy (non-hydrogen) atoms. The number of carbonyl (C=O) groups is 8. The van der Waals surface area contributed by atoms with Crippen LogP contribution in [0.25, 0.3) is 0 Å². The fraction of sp³-hybridized carbons (Fsp3) is 0.227. The number of aromatic carboxylic acids is 1. The number of rotatable bonds is 15. The first-order valence-electron chi connectivity index (χ1n) is 38.8. The van der Waals surface area contributed by atoms with E-state index in [2.05, 4.69) is 56.3 Å². The van der Waals surface area contributed by atoms with Crippen molar-refractivity contribution in [1.82, 2.24) is 75.0 Å². The number of amides is 7. The van der Waals surface area contributed by atoms with Crippen LogP contribution >= 0.6 is 0 Å². The van der Waals surface area contributed by atoms with Crippen molar-refractivity contribution in [1.29, 1.82) is 21.0 Å². The summed E-state index contributed by atoms with van der Waals surface area (Å²) in [5.74, 6) is -5.51. The van der Waals surface area contributed by atoms with Crippen LogP contribution in [0, 0.1) is 68.6 Å². The second-order valence-electron chi connectivity index (χ2n) is 29.0. The highest BCUT2D eigenvalue weighted by Crippen LogP contribution is 2.29. The SMILES string of the molecule is CN1C(=O)C(N)CCc2cccnc21.CN1C(=O)C(NC(=O)c2nn(Cc3cccc(C#N)c3)cc2F)CCc2cccnc21.CN1C(=O)[C@@H](NC(=O)c2nn(Cc3cccc(C#N)c3)cc2F)CCc2cccnc21.CN1C(=O)[C@H](NC(=O)c2nn(Cc3cccc(C#N)c3)cc2F)CCc2cccnc21.N#Cc1cccc(Cn2cc(F)c(C(=O)O)n2)c1. The smallest absolute Gasteiger partial charge is 0.359 e. The Morgan fingerprint density at radius 1 is 0.384 bits per heavy atom. The Labute approximate surface area is 711 Å². The summed E-state index contributed by atoms with van der Waals surface area (Å²) in [6, 6.07) is 47.5. The molecule has 6 N–H and O–H groups in total. The number of carboxylic acid groups (broad SMARTS) is 1. The molecule has 0 spiro atoms. The Hall–Kier alpha value is -16.3. The highest BCUT2D eigenvalue weighted by Gasteiger charge is 2.36. The number of hydrogen-bond donors (Lipinski definition) is 5.